The van der Waals surface area contributed by atoms with Crippen LogP contribution in [0.1, 0.15) is 22.3 Å². The molecule has 0 saturated carbocycles. The number of ether oxygens (including phenoxy) is 1. The first-order chi connectivity index (χ1) is 13.2. The van der Waals surface area contributed by atoms with Gasteiger partial charge >= 0.3 is 0 Å². The van der Waals surface area contributed by atoms with Gasteiger partial charge in [-0.05, 0) is 49.7 Å². The van der Waals surface area contributed by atoms with E-state index in [0.29, 0.717) is 5.56 Å². The van der Waals surface area contributed by atoms with Crippen LogP contribution in [0.3, 0.4) is 0 Å². The van der Waals surface area contributed by atoms with Crippen LogP contribution in [0.25, 0.3) is 22.2 Å². The second-order valence-corrected chi connectivity index (χ2v) is 6.92. The van der Waals surface area contributed by atoms with E-state index in [9.17, 15) is 4.79 Å². The molecule has 0 aliphatic carbocycles. The lowest BCUT2D eigenvalue weighted by molar-refractivity contribution is 0.0940. The van der Waals surface area contributed by atoms with Gasteiger partial charge in [0.15, 0.2) is 0 Å². The lowest BCUT2D eigenvalue weighted by Crippen LogP contribution is -2.36. The first kappa shape index (κ1) is 17.5. The summed E-state index contributed by atoms with van der Waals surface area (Å²) in [6, 6.07) is 15.8. The number of carbonyl (C=O) groups excluding carboxylic acids is 1. The fourth-order valence-electron chi connectivity index (χ4n) is 3.54. The van der Waals surface area contributed by atoms with E-state index in [4.69, 9.17) is 9.72 Å². The van der Waals surface area contributed by atoms with Crippen LogP contribution in [-0.4, -0.2) is 37.1 Å². The highest BCUT2D eigenvalue weighted by Gasteiger charge is 2.17. The van der Waals surface area contributed by atoms with Crippen molar-refractivity contribution in [3.63, 3.8) is 0 Å². The summed E-state index contributed by atoms with van der Waals surface area (Å²) in [6.07, 6.45) is 0.978. The van der Waals surface area contributed by atoms with E-state index in [2.05, 4.69) is 29.7 Å². The Balaban J connectivity index is 1.62. The zero-order valence-corrected chi connectivity index (χ0v) is 15.6. The van der Waals surface area contributed by atoms with Gasteiger partial charge in [-0.3, -0.25) is 4.79 Å². The van der Waals surface area contributed by atoms with E-state index < -0.39 is 0 Å². The maximum Gasteiger partial charge on any atom is 0.251 e. The summed E-state index contributed by atoms with van der Waals surface area (Å²) in [5, 5.41) is 7.41. The van der Waals surface area contributed by atoms with Crippen LogP contribution >= 0.6 is 0 Å². The number of nitrogens with one attached hydrogen (secondary N) is 2. The smallest absolute Gasteiger partial charge is 0.251 e. The molecule has 2 heterocycles. The quantitative estimate of drug-likeness (QED) is 0.748. The Labute approximate surface area is 158 Å². The summed E-state index contributed by atoms with van der Waals surface area (Å²) < 4.78 is 5.47. The van der Waals surface area contributed by atoms with Crippen molar-refractivity contribution in [1.29, 1.82) is 0 Å². The minimum absolute atomic E-state index is 0.0282. The van der Waals surface area contributed by atoms with Gasteiger partial charge in [-0.25, -0.2) is 4.98 Å². The van der Waals surface area contributed by atoms with Gasteiger partial charge in [-0.2, -0.15) is 0 Å². The van der Waals surface area contributed by atoms with Crippen molar-refractivity contribution in [1.82, 2.24) is 15.6 Å². The van der Waals surface area contributed by atoms with Gasteiger partial charge in [-0.1, -0.05) is 24.3 Å². The number of benzene rings is 2. The van der Waals surface area contributed by atoms with Crippen molar-refractivity contribution in [3.8, 4) is 17.0 Å². The number of pyridine rings is 1. The van der Waals surface area contributed by atoms with Gasteiger partial charge in [-0.15, -0.1) is 0 Å². The summed E-state index contributed by atoms with van der Waals surface area (Å²) in [5.74, 6) is 0.734. The summed E-state index contributed by atoms with van der Waals surface area (Å²) >= 11 is 0. The van der Waals surface area contributed by atoms with Crippen LogP contribution in [0.4, 0.5) is 0 Å². The molecule has 1 atom stereocenters. The maximum atomic E-state index is 12.4. The van der Waals surface area contributed by atoms with Crippen molar-refractivity contribution in [2.24, 2.45) is 0 Å². The first-order valence-electron chi connectivity index (χ1n) is 9.22. The topological polar surface area (TPSA) is 63.2 Å². The van der Waals surface area contributed by atoms with Crippen LogP contribution in [0.15, 0.2) is 48.5 Å². The third kappa shape index (κ3) is 3.51. The Bertz CT molecular complexity index is 977. The van der Waals surface area contributed by atoms with Gasteiger partial charge in [0.05, 0.1) is 12.8 Å². The lowest BCUT2D eigenvalue weighted by atomic mass is 10.0. The Morgan fingerprint density at radius 3 is 2.74 bits per heavy atom. The predicted molar refractivity (Wildman–Crippen MR) is 107 cm³/mol. The van der Waals surface area contributed by atoms with E-state index in [1.807, 2.05) is 36.4 Å². The van der Waals surface area contributed by atoms with Crippen LogP contribution in [0, 0.1) is 6.92 Å². The number of carbonyl (C=O) groups is 1. The van der Waals surface area contributed by atoms with E-state index >= 15 is 0 Å². The highest BCUT2D eigenvalue weighted by molar-refractivity contribution is 5.95. The van der Waals surface area contributed by atoms with Gasteiger partial charge in [0.1, 0.15) is 11.3 Å². The summed E-state index contributed by atoms with van der Waals surface area (Å²) in [4.78, 5) is 17.2. The van der Waals surface area contributed by atoms with Crippen LogP contribution in [-0.2, 0) is 0 Å². The molecule has 4 rings (SSSR count). The Morgan fingerprint density at radius 1 is 1.22 bits per heavy atom. The molecular formula is C22H23N3O2. The van der Waals surface area contributed by atoms with Gasteiger partial charge in [0.25, 0.3) is 5.91 Å². The molecule has 1 aliphatic rings. The molecule has 0 bridgehead atoms. The zero-order valence-electron chi connectivity index (χ0n) is 15.6. The number of fused-ring (bicyclic) bond motifs is 1. The normalized spacial score (nSPS) is 16.4. The Morgan fingerprint density at radius 2 is 2.04 bits per heavy atom. The lowest BCUT2D eigenvalue weighted by Gasteiger charge is -2.12. The molecule has 3 aromatic rings. The van der Waals surface area contributed by atoms with Crippen LogP contribution in [0.2, 0.25) is 0 Å². The van der Waals surface area contributed by atoms with Gasteiger partial charge < -0.3 is 15.4 Å². The molecule has 0 radical (unpaired) electrons. The van der Waals surface area contributed by atoms with Crippen molar-refractivity contribution in [3.05, 3.63) is 59.7 Å². The van der Waals surface area contributed by atoms with Gasteiger partial charge in [0, 0.05) is 29.1 Å². The molecule has 2 aromatic carbocycles. The molecule has 5 heteroatoms. The molecule has 27 heavy (non-hydrogen) atoms. The zero-order chi connectivity index (χ0) is 18.8. The molecule has 1 aliphatic heterocycles. The number of para-hydroxylation sites is 1. The molecular weight excluding hydrogens is 338 g/mol. The van der Waals surface area contributed by atoms with E-state index in [0.717, 1.165) is 53.0 Å². The average molecular weight is 361 g/mol. The van der Waals surface area contributed by atoms with Crippen LogP contribution in [0.5, 0.6) is 5.75 Å². The molecule has 1 fully saturated rings. The molecule has 1 amide bonds. The first-order valence-corrected chi connectivity index (χ1v) is 9.22. The number of aromatic nitrogens is 1. The minimum atomic E-state index is -0.0282. The number of methoxy groups -OCH3 is 1. The molecule has 2 N–H and O–H groups in total. The SMILES string of the molecule is COc1cccc2c(C)cc(-c3ccc(C(=O)N[C@@H]4CCNC4)cc3)nc12. The minimum Gasteiger partial charge on any atom is -0.494 e. The van der Waals surface area contributed by atoms with Crippen molar-refractivity contribution in [2.75, 3.05) is 20.2 Å². The number of rotatable bonds is 4. The van der Waals surface area contributed by atoms with Crippen LogP contribution < -0.4 is 15.4 Å². The fourth-order valence-corrected chi connectivity index (χ4v) is 3.54. The number of hydrogen-bond donors (Lipinski definition) is 2. The standard InChI is InChI=1S/C22H23N3O2/c1-14-12-19(25-21-18(14)4-3-5-20(21)27-2)15-6-8-16(9-7-15)22(26)24-17-10-11-23-13-17/h3-9,12,17,23H,10-11,13H2,1-2H3,(H,24,26)/t17-/m1/s1. The van der Waals surface area contributed by atoms with Crippen molar-refractivity contribution < 1.29 is 9.53 Å². The summed E-state index contributed by atoms with van der Waals surface area (Å²) in [5.41, 5.74) is 4.51. The van der Waals surface area contributed by atoms with Gasteiger partial charge in [0.2, 0.25) is 0 Å². The number of aryl methyl sites for hydroxylation is 1. The van der Waals surface area contributed by atoms with Crippen molar-refractivity contribution >= 4 is 16.8 Å². The second-order valence-electron chi connectivity index (χ2n) is 6.92. The number of hydrogen-bond acceptors (Lipinski definition) is 4. The molecule has 0 spiro atoms. The molecule has 1 saturated heterocycles. The number of nitrogens with zero attached hydrogens (tertiary/aromatic N) is 1. The average Bonchev–Trinajstić information content (AvgIpc) is 3.20. The molecule has 5 nitrogen and oxygen atoms in total. The molecule has 138 valence electrons. The molecule has 0 unspecified atom stereocenters. The third-order valence-corrected chi connectivity index (χ3v) is 5.07. The van der Waals surface area contributed by atoms with E-state index in [-0.39, 0.29) is 11.9 Å². The summed E-state index contributed by atoms with van der Waals surface area (Å²) in [7, 11) is 1.66. The monoisotopic (exact) mass is 361 g/mol. The predicted octanol–water partition coefficient (Wildman–Crippen LogP) is 3.31. The Kier molecular flexibility index (Phi) is 4.77. The number of amides is 1. The van der Waals surface area contributed by atoms with E-state index in [1.54, 1.807) is 7.11 Å². The summed E-state index contributed by atoms with van der Waals surface area (Å²) in [6.45, 7) is 3.87. The second kappa shape index (κ2) is 7.37. The largest absolute Gasteiger partial charge is 0.494 e. The van der Waals surface area contributed by atoms with E-state index in [1.165, 1.54) is 0 Å². The molecule has 1 aromatic heterocycles. The van der Waals surface area contributed by atoms with Crippen molar-refractivity contribution in [2.45, 2.75) is 19.4 Å². The Hall–Kier alpha value is -2.92. The highest BCUT2D eigenvalue weighted by Crippen LogP contribution is 2.30. The maximum absolute atomic E-state index is 12.4. The highest BCUT2D eigenvalue weighted by atomic mass is 16.5. The fraction of sp³-hybridized carbons (Fsp3) is 0.273. The third-order valence-electron chi connectivity index (χ3n) is 5.07.